The fraction of sp³-hybridized carbons (Fsp3) is 0.913. The van der Waals surface area contributed by atoms with Gasteiger partial charge in [-0.25, -0.2) is 4.57 Å². The van der Waals surface area contributed by atoms with E-state index in [4.69, 9.17) is 18.5 Å². The summed E-state index contributed by atoms with van der Waals surface area (Å²) in [6.07, 6.45) is 25.6. The molecule has 13 nitrogen and oxygen atoms in total. The lowest BCUT2D eigenvalue weighted by atomic mass is 9.85. The van der Waals surface area contributed by atoms with Crippen molar-refractivity contribution in [3.05, 3.63) is 12.2 Å². The van der Waals surface area contributed by atoms with Crippen LogP contribution in [0.25, 0.3) is 0 Å². The molecule has 0 heterocycles. The molecule has 0 aliphatic heterocycles. The number of aliphatic hydroxyl groups is 5. The molecule has 1 rings (SSSR count). The van der Waals surface area contributed by atoms with Gasteiger partial charge in [0.25, 0.3) is 0 Å². The smallest absolute Gasteiger partial charge is 0.462 e. The van der Waals surface area contributed by atoms with Crippen LogP contribution in [0.5, 0.6) is 0 Å². The topological polar surface area (TPSA) is 210 Å². The standard InChI is InChI=1S/C46H87O13P/c1-3-5-7-9-11-13-15-16-17-18-19-20-21-22-23-25-27-29-31-33-35-40(48)58-38(36-56-39(47)34-32-30-28-26-24-14-12-10-8-6-4-2)37-57-60(54,55)59-46-44(52)42(50)41(49)43(51)45(46)53/h10,12,38,41-46,49-53H,3-9,11,13-37H2,1-2H3,(H,54,55)/b12-10+/t38-,41?,42-,43?,44?,45?,46?/m1/s1. The van der Waals surface area contributed by atoms with E-state index in [1.54, 1.807) is 0 Å². The van der Waals surface area contributed by atoms with Gasteiger partial charge in [0.05, 0.1) is 6.61 Å². The molecule has 60 heavy (non-hydrogen) atoms. The predicted octanol–water partition coefficient (Wildman–Crippen LogP) is 9.45. The van der Waals surface area contributed by atoms with Crippen LogP contribution in [0.15, 0.2) is 12.2 Å². The Morgan fingerprint density at radius 2 is 0.867 bits per heavy atom. The molecule has 1 aliphatic carbocycles. The van der Waals surface area contributed by atoms with Crippen LogP contribution in [0.3, 0.4) is 0 Å². The van der Waals surface area contributed by atoms with Crippen LogP contribution in [0, 0.1) is 0 Å². The highest BCUT2D eigenvalue weighted by Gasteiger charge is 2.51. The second-order valence-electron chi connectivity index (χ2n) is 17.0. The quantitative estimate of drug-likeness (QED) is 0.0147. The van der Waals surface area contributed by atoms with Crippen LogP contribution in [-0.2, 0) is 32.7 Å². The highest BCUT2D eigenvalue weighted by Crippen LogP contribution is 2.47. The minimum atomic E-state index is -5.11. The first kappa shape index (κ1) is 56.6. The summed E-state index contributed by atoms with van der Waals surface area (Å²) in [6.45, 7) is 3.27. The number of hydrogen-bond acceptors (Lipinski definition) is 12. The number of rotatable bonds is 40. The SMILES string of the molecule is CCCC/C=C/CCCCCCCC(=O)OC[C@H](COP(=O)(O)OC1C(O)C(O)C(O)[C@@H](O)C1O)OC(=O)CCCCCCCCCCCCCCCCCCCCCC. The Bertz CT molecular complexity index is 1110. The summed E-state index contributed by atoms with van der Waals surface area (Å²) in [5.74, 6) is -1.10. The summed E-state index contributed by atoms with van der Waals surface area (Å²) < 4.78 is 33.5. The summed E-state index contributed by atoms with van der Waals surface area (Å²) in [5.41, 5.74) is 0. The fourth-order valence-corrected chi connectivity index (χ4v) is 8.42. The number of phosphoric ester groups is 1. The number of allylic oxidation sites excluding steroid dienone is 2. The van der Waals surface area contributed by atoms with E-state index >= 15 is 0 Å². The van der Waals surface area contributed by atoms with Gasteiger partial charge in [-0.15, -0.1) is 0 Å². The van der Waals surface area contributed by atoms with Crippen molar-refractivity contribution >= 4 is 19.8 Å². The van der Waals surface area contributed by atoms with Gasteiger partial charge in [-0.1, -0.05) is 180 Å². The Balaban J connectivity index is 2.39. The maximum absolute atomic E-state index is 12.8. The lowest BCUT2D eigenvalue weighted by Crippen LogP contribution is -2.64. The molecule has 0 bridgehead atoms. The molecule has 14 heteroatoms. The molecule has 0 aromatic rings. The van der Waals surface area contributed by atoms with E-state index in [1.807, 2.05) is 0 Å². The normalized spacial score (nSPS) is 22.2. The van der Waals surface area contributed by atoms with Crippen molar-refractivity contribution < 1.29 is 63.1 Å². The Hall–Kier alpha value is -1.41. The van der Waals surface area contributed by atoms with Crippen molar-refractivity contribution in [1.82, 2.24) is 0 Å². The van der Waals surface area contributed by atoms with Crippen LogP contribution < -0.4 is 0 Å². The zero-order valence-corrected chi connectivity index (χ0v) is 38.4. The first-order valence-electron chi connectivity index (χ1n) is 24.0. The van der Waals surface area contributed by atoms with Crippen molar-refractivity contribution in [2.45, 2.75) is 256 Å². The van der Waals surface area contributed by atoms with Crippen LogP contribution in [-0.4, -0.2) is 98.3 Å². The van der Waals surface area contributed by atoms with E-state index < -0.39 is 75.7 Å². The molecule has 354 valence electrons. The third kappa shape index (κ3) is 29.0. The van der Waals surface area contributed by atoms with Gasteiger partial charge in [0.2, 0.25) is 0 Å². The Labute approximate surface area is 363 Å². The molecule has 0 aromatic carbocycles. The summed E-state index contributed by atoms with van der Waals surface area (Å²) >= 11 is 0. The maximum atomic E-state index is 12.8. The van der Waals surface area contributed by atoms with E-state index in [1.165, 1.54) is 116 Å². The minimum absolute atomic E-state index is 0.101. The highest BCUT2D eigenvalue weighted by molar-refractivity contribution is 7.47. The lowest BCUT2D eigenvalue weighted by Gasteiger charge is -2.41. The van der Waals surface area contributed by atoms with Crippen LogP contribution >= 0.6 is 7.82 Å². The maximum Gasteiger partial charge on any atom is 0.472 e. The van der Waals surface area contributed by atoms with E-state index in [0.29, 0.717) is 12.8 Å². The van der Waals surface area contributed by atoms with Crippen molar-refractivity contribution in [2.75, 3.05) is 13.2 Å². The van der Waals surface area contributed by atoms with Gasteiger partial charge in [-0.05, 0) is 32.1 Å². The van der Waals surface area contributed by atoms with Crippen molar-refractivity contribution in [3.8, 4) is 0 Å². The van der Waals surface area contributed by atoms with Gasteiger partial charge in [0, 0.05) is 12.8 Å². The summed E-state index contributed by atoms with van der Waals surface area (Å²) in [5, 5.41) is 50.1. The van der Waals surface area contributed by atoms with Crippen molar-refractivity contribution in [3.63, 3.8) is 0 Å². The molecule has 1 fully saturated rings. The van der Waals surface area contributed by atoms with Gasteiger partial charge < -0.3 is 39.9 Å². The predicted molar refractivity (Wildman–Crippen MR) is 235 cm³/mol. The monoisotopic (exact) mass is 879 g/mol. The molecule has 0 aromatic heterocycles. The molecule has 0 spiro atoms. The molecule has 1 saturated carbocycles. The summed E-state index contributed by atoms with van der Waals surface area (Å²) in [6, 6.07) is 0. The van der Waals surface area contributed by atoms with E-state index in [2.05, 4.69) is 26.0 Å². The van der Waals surface area contributed by atoms with E-state index in [-0.39, 0.29) is 12.8 Å². The molecule has 0 amide bonds. The third-order valence-corrected chi connectivity index (χ3v) is 12.3. The first-order chi connectivity index (χ1) is 28.9. The first-order valence-corrected chi connectivity index (χ1v) is 25.5. The molecular weight excluding hydrogens is 791 g/mol. The fourth-order valence-electron chi connectivity index (χ4n) is 7.45. The molecule has 6 unspecified atom stereocenters. The largest absolute Gasteiger partial charge is 0.472 e. The number of aliphatic hydroxyl groups excluding tert-OH is 5. The molecule has 0 radical (unpaired) electrons. The van der Waals surface area contributed by atoms with Gasteiger partial charge in [-0.2, -0.15) is 0 Å². The van der Waals surface area contributed by atoms with Crippen LogP contribution in [0.4, 0.5) is 0 Å². The zero-order valence-electron chi connectivity index (χ0n) is 37.5. The average Bonchev–Trinajstić information content (AvgIpc) is 3.23. The average molecular weight is 879 g/mol. The Kier molecular flexibility index (Phi) is 34.9. The summed E-state index contributed by atoms with van der Waals surface area (Å²) in [4.78, 5) is 35.7. The van der Waals surface area contributed by atoms with E-state index in [9.17, 15) is 44.6 Å². The second kappa shape index (κ2) is 37.0. The zero-order chi connectivity index (χ0) is 44.3. The number of phosphoric acid groups is 1. The highest BCUT2D eigenvalue weighted by atomic mass is 31.2. The number of unbranched alkanes of at least 4 members (excludes halogenated alkanes) is 26. The van der Waals surface area contributed by atoms with E-state index in [0.717, 1.165) is 57.8 Å². The number of carbonyl (C=O) groups excluding carboxylic acids is 2. The van der Waals surface area contributed by atoms with Gasteiger partial charge in [-0.3, -0.25) is 18.6 Å². The van der Waals surface area contributed by atoms with Crippen LogP contribution in [0.2, 0.25) is 0 Å². The molecule has 8 atom stereocenters. The molecule has 6 N–H and O–H groups in total. The molecular formula is C46H87O13P. The van der Waals surface area contributed by atoms with Gasteiger partial charge in [0.15, 0.2) is 6.10 Å². The minimum Gasteiger partial charge on any atom is -0.462 e. The number of ether oxygens (including phenoxy) is 2. The molecule has 1 aliphatic rings. The molecule has 0 saturated heterocycles. The van der Waals surface area contributed by atoms with Crippen LogP contribution in [0.1, 0.15) is 213 Å². The summed E-state index contributed by atoms with van der Waals surface area (Å²) in [7, 11) is -5.11. The van der Waals surface area contributed by atoms with Gasteiger partial charge in [0.1, 0.15) is 43.2 Å². The number of esters is 2. The number of carbonyl (C=O) groups is 2. The Morgan fingerprint density at radius 3 is 1.32 bits per heavy atom. The third-order valence-electron chi connectivity index (χ3n) is 11.4. The van der Waals surface area contributed by atoms with Crippen molar-refractivity contribution in [2.24, 2.45) is 0 Å². The number of hydrogen-bond donors (Lipinski definition) is 6. The Morgan fingerprint density at radius 1 is 0.500 bits per heavy atom. The van der Waals surface area contributed by atoms with Gasteiger partial charge >= 0.3 is 19.8 Å². The van der Waals surface area contributed by atoms with Crippen molar-refractivity contribution in [1.29, 1.82) is 0 Å². The lowest BCUT2D eigenvalue weighted by molar-refractivity contribution is -0.220. The second-order valence-corrected chi connectivity index (χ2v) is 18.4.